The second-order valence-corrected chi connectivity index (χ2v) is 1.62. The van der Waals surface area contributed by atoms with Crippen molar-refractivity contribution in [2.24, 2.45) is 0 Å². The molecule has 0 aromatic heterocycles. The fourth-order valence-electron chi connectivity index (χ4n) is 0.126. The van der Waals surface area contributed by atoms with E-state index >= 15 is 0 Å². The molecule has 3 nitrogen and oxygen atoms in total. The number of allylic oxidation sites excluding steroid dienone is 1. The van der Waals surface area contributed by atoms with Gasteiger partial charge in [0.2, 0.25) is 0 Å². The van der Waals surface area contributed by atoms with Crippen LogP contribution in [0.5, 0.6) is 0 Å². The minimum Gasteiger partial charge on any atom is -0.435 e. The van der Waals surface area contributed by atoms with Crippen LogP contribution < -0.4 is 0 Å². The Morgan fingerprint density at radius 1 is 1.86 bits per heavy atom. The maximum absolute atomic E-state index is 9.67. The van der Waals surface area contributed by atoms with Crippen LogP contribution in [-0.2, 0) is 9.09 Å². The summed E-state index contributed by atoms with van der Waals surface area (Å²) in [4.78, 5) is 7.96. The van der Waals surface area contributed by atoms with Crippen LogP contribution >= 0.6 is 8.25 Å². The molecule has 0 heterocycles. The first kappa shape index (κ1) is 6.73. The predicted molar refractivity (Wildman–Crippen MR) is 27.1 cm³/mol. The van der Waals surface area contributed by atoms with E-state index in [9.17, 15) is 4.57 Å². The van der Waals surface area contributed by atoms with E-state index in [1.165, 1.54) is 6.26 Å². The van der Waals surface area contributed by atoms with Crippen LogP contribution in [-0.4, -0.2) is 4.89 Å². The average Bonchev–Trinajstić information content (AvgIpc) is 1.61. The highest BCUT2D eigenvalue weighted by Gasteiger charge is 1.78. The van der Waals surface area contributed by atoms with E-state index < -0.39 is 8.25 Å². The zero-order chi connectivity index (χ0) is 5.70. The zero-order valence-corrected chi connectivity index (χ0v) is 4.92. The Labute approximate surface area is 42.6 Å². The molecule has 0 fully saturated rings. The molecule has 4 heteroatoms. The molecule has 0 spiro atoms. The van der Waals surface area contributed by atoms with Crippen LogP contribution in [0, 0.1) is 0 Å². The molecule has 0 aliphatic rings. The van der Waals surface area contributed by atoms with Gasteiger partial charge in [-0.3, -0.25) is 0 Å². The third kappa shape index (κ3) is 5.73. The Morgan fingerprint density at radius 3 is 2.57 bits per heavy atom. The molecule has 0 aromatic rings. The van der Waals surface area contributed by atoms with Gasteiger partial charge in [-0.25, -0.2) is 4.57 Å². The van der Waals surface area contributed by atoms with Crippen molar-refractivity contribution >= 4 is 8.25 Å². The van der Waals surface area contributed by atoms with E-state index in [1.807, 2.05) is 0 Å². The van der Waals surface area contributed by atoms with E-state index in [4.69, 9.17) is 4.89 Å². The van der Waals surface area contributed by atoms with Crippen molar-refractivity contribution in [2.75, 3.05) is 0 Å². The van der Waals surface area contributed by atoms with Crippen molar-refractivity contribution in [3.63, 3.8) is 0 Å². The largest absolute Gasteiger partial charge is 0.435 e. The van der Waals surface area contributed by atoms with Crippen molar-refractivity contribution in [1.82, 2.24) is 0 Å². The lowest BCUT2D eigenvalue weighted by Gasteiger charge is -1.86. The molecule has 0 rings (SSSR count). The average molecular weight is 122 g/mol. The van der Waals surface area contributed by atoms with Gasteiger partial charge in [0.1, 0.15) is 0 Å². The smallest absolute Gasteiger partial charge is 0.364 e. The van der Waals surface area contributed by atoms with Gasteiger partial charge in [-0.1, -0.05) is 6.08 Å². The summed E-state index contributed by atoms with van der Waals surface area (Å²) in [6.45, 7) is 1.70. The van der Waals surface area contributed by atoms with Crippen molar-refractivity contribution in [3.8, 4) is 0 Å². The van der Waals surface area contributed by atoms with Crippen LogP contribution in [0.4, 0.5) is 0 Å². The second kappa shape index (κ2) is 3.90. The molecule has 0 aromatic carbocycles. The van der Waals surface area contributed by atoms with Gasteiger partial charge in [0.15, 0.2) is 0 Å². The molecular formula is C3H7O3P. The topological polar surface area (TPSA) is 46.5 Å². The summed E-state index contributed by atoms with van der Waals surface area (Å²) in [6.07, 6.45) is 2.72. The summed E-state index contributed by atoms with van der Waals surface area (Å²) in [5, 5.41) is 0. The molecule has 0 amide bonds. The molecule has 1 unspecified atom stereocenters. The van der Waals surface area contributed by atoms with Crippen molar-refractivity contribution in [3.05, 3.63) is 12.3 Å². The molecule has 0 aliphatic carbocycles. The minimum absolute atomic E-state index is 1.18. The summed E-state index contributed by atoms with van der Waals surface area (Å²) in [5.41, 5.74) is 0. The van der Waals surface area contributed by atoms with Gasteiger partial charge in [0.05, 0.1) is 6.26 Å². The lowest BCUT2D eigenvalue weighted by molar-refractivity contribution is 0.377. The molecule has 0 bridgehead atoms. The van der Waals surface area contributed by atoms with Gasteiger partial charge in [-0.05, 0) is 6.92 Å². The fourth-order valence-corrected chi connectivity index (χ4v) is 0.379. The van der Waals surface area contributed by atoms with E-state index in [2.05, 4.69) is 4.52 Å². The summed E-state index contributed by atoms with van der Waals surface area (Å²) in [7, 11) is -2.73. The molecule has 7 heavy (non-hydrogen) atoms. The summed E-state index contributed by atoms with van der Waals surface area (Å²) >= 11 is 0. The maximum Gasteiger partial charge on any atom is 0.364 e. The molecule has 0 saturated carbocycles. The fraction of sp³-hybridized carbons (Fsp3) is 0.333. The highest BCUT2D eigenvalue weighted by atomic mass is 31.1. The Bertz CT molecular complexity index is 88.2. The van der Waals surface area contributed by atoms with E-state index in [0.717, 1.165) is 0 Å². The van der Waals surface area contributed by atoms with E-state index in [0.29, 0.717) is 0 Å². The van der Waals surface area contributed by atoms with Crippen LogP contribution in [0.3, 0.4) is 0 Å². The van der Waals surface area contributed by atoms with Crippen molar-refractivity contribution in [1.29, 1.82) is 0 Å². The van der Waals surface area contributed by atoms with Gasteiger partial charge in [0, 0.05) is 0 Å². The Hall–Kier alpha value is -0.270. The normalized spacial score (nSPS) is 14.6. The van der Waals surface area contributed by atoms with Crippen molar-refractivity contribution in [2.45, 2.75) is 6.92 Å². The van der Waals surface area contributed by atoms with Gasteiger partial charge in [-0.15, -0.1) is 0 Å². The molecule has 42 valence electrons. The Morgan fingerprint density at radius 2 is 2.43 bits per heavy atom. The first-order valence-electron chi connectivity index (χ1n) is 1.78. The lowest BCUT2D eigenvalue weighted by atomic mass is 10.8. The van der Waals surface area contributed by atoms with Gasteiger partial charge in [0.25, 0.3) is 0 Å². The lowest BCUT2D eigenvalue weighted by Crippen LogP contribution is -1.58. The standard InChI is InChI=1S/C3H7O3P/c1-2-3-6-7(4)5/h2-3,7H,1H3,(H,4,5)/b3-2+. The van der Waals surface area contributed by atoms with Gasteiger partial charge >= 0.3 is 8.25 Å². The van der Waals surface area contributed by atoms with Gasteiger partial charge < -0.3 is 9.42 Å². The third-order valence-corrected chi connectivity index (χ3v) is 0.643. The highest BCUT2D eigenvalue weighted by Crippen LogP contribution is 2.13. The summed E-state index contributed by atoms with van der Waals surface area (Å²) in [5.74, 6) is 0. The predicted octanol–water partition coefficient (Wildman–Crippen LogP) is 0.919. The molecular weight excluding hydrogens is 115 g/mol. The van der Waals surface area contributed by atoms with Crippen LogP contribution in [0.1, 0.15) is 6.92 Å². The quantitative estimate of drug-likeness (QED) is 0.437. The van der Waals surface area contributed by atoms with Gasteiger partial charge in [-0.2, -0.15) is 0 Å². The first-order valence-corrected chi connectivity index (χ1v) is 3.04. The van der Waals surface area contributed by atoms with Crippen molar-refractivity contribution < 1.29 is 14.0 Å². The molecule has 1 atom stereocenters. The Balaban J connectivity index is 3.14. The van der Waals surface area contributed by atoms with E-state index in [1.54, 1.807) is 13.0 Å². The molecule has 0 saturated heterocycles. The molecule has 1 N–H and O–H groups in total. The number of hydrogen-bond acceptors (Lipinski definition) is 2. The highest BCUT2D eigenvalue weighted by molar-refractivity contribution is 7.32. The molecule has 0 radical (unpaired) electrons. The SMILES string of the molecule is C/C=C/O[PH](=O)O. The number of hydrogen-bond donors (Lipinski definition) is 1. The van der Waals surface area contributed by atoms with E-state index in [-0.39, 0.29) is 0 Å². The third-order valence-electron chi connectivity index (χ3n) is 0.305. The zero-order valence-electron chi connectivity index (χ0n) is 3.92. The summed E-state index contributed by atoms with van der Waals surface area (Å²) in [6, 6.07) is 0. The molecule has 0 aliphatic heterocycles. The Kier molecular flexibility index (Phi) is 3.75. The van der Waals surface area contributed by atoms with Crippen LogP contribution in [0.2, 0.25) is 0 Å². The second-order valence-electron chi connectivity index (χ2n) is 0.853. The minimum atomic E-state index is -2.73. The number of rotatable bonds is 2. The monoisotopic (exact) mass is 122 g/mol. The maximum atomic E-state index is 9.67. The van der Waals surface area contributed by atoms with Crippen LogP contribution in [0.25, 0.3) is 0 Å². The summed E-state index contributed by atoms with van der Waals surface area (Å²) < 4.78 is 13.8. The van der Waals surface area contributed by atoms with Crippen LogP contribution in [0.15, 0.2) is 12.3 Å². The first-order chi connectivity index (χ1) is 3.27.